The van der Waals surface area contributed by atoms with E-state index in [9.17, 15) is 4.79 Å². The number of morpholine rings is 1. The fourth-order valence-electron chi connectivity index (χ4n) is 4.51. The van der Waals surface area contributed by atoms with E-state index in [-0.39, 0.29) is 24.1 Å². The Morgan fingerprint density at radius 1 is 0.917 bits per heavy atom. The number of nitrogens with one attached hydrogen (secondary N) is 1. The molecule has 0 amide bonds. The van der Waals surface area contributed by atoms with Crippen molar-refractivity contribution in [2.45, 2.75) is 12.6 Å². The molecule has 2 aliphatic rings. The Labute approximate surface area is 207 Å². The third-order valence-electron chi connectivity index (χ3n) is 6.27. The molecule has 0 saturated carbocycles. The van der Waals surface area contributed by atoms with Gasteiger partial charge in [-0.3, -0.25) is 9.79 Å². The minimum absolute atomic E-state index is 0.0834. The molecule has 4 aromatic rings. The van der Waals surface area contributed by atoms with Crippen LogP contribution < -0.4 is 10.2 Å². The van der Waals surface area contributed by atoms with Crippen LogP contribution in [0.2, 0.25) is 0 Å². The van der Waals surface area contributed by atoms with Crippen molar-refractivity contribution < 1.29 is 13.9 Å². The first-order chi connectivity index (χ1) is 17.8. The van der Waals surface area contributed by atoms with Gasteiger partial charge < -0.3 is 19.4 Å². The van der Waals surface area contributed by atoms with E-state index in [1.807, 2.05) is 66.7 Å². The molecule has 2 aromatic heterocycles. The number of anilines is 2. The monoisotopic (exact) mass is 480 g/mol. The predicted molar refractivity (Wildman–Crippen MR) is 135 cm³/mol. The Hall–Kier alpha value is -4.37. The van der Waals surface area contributed by atoms with Crippen LogP contribution in [0.15, 0.2) is 82.3 Å². The molecule has 1 fully saturated rings. The van der Waals surface area contributed by atoms with Crippen molar-refractivity contribution in [2.75, 3.05) is 36.5 Å². The van der Waals surface area contributed by atoms with E-state index in [2.05, 4.69) is 25.4 Å². The number of benzene rings is 2. The summed E-state index contributed by atoms with van der Waals surface area (Å²) in [6.07, 6.45) is 1.07. The number of hydrogen-bond donors (Lipinski definition) is 1. The molecule has 180 valence electrons. The number of hydrogen-bond acceptors (Lipinski definition) is 9. The summed E-state index contributed by atoms with van der Waals surface area (Å²) >= 11 is 0. The van der Waals surface area contributed by atoms with E-state index in [1.54, 1.807) is 6.20 Å². The van der Waals surface area contributed by atoms with Gasteiger partial charge in [-0.15, -0.1) is 5.10 Å². The van der Waals surface area contributed by atoms with Gasteiger partial charge in [-0.1, -0.05) is 59.7 Å². The first-order valence-electron chi connectivity index (χ1n) is 11.9. The summed E-state index contributed by atoms with van der Waals surface area (Å²) in [6.45, 7) is 2.82. The summed E-state index contributed by atoms with van der Waals surface area (Å²) in [5.41, 5.74) is 5.05. The van der Waals surface area contributed by atoms with E-state index in [1.165, 1.54) is 0 Å². The third kappa shape index (κ3) is 4.36. The second-order valence-corrected chi connectivity index (χ2v) is 8.57. The van der Waals surface area contributed by atoms with Crippen molar-refractivity contribution in [3.63, 3.8) is 0 Å². The average molecular weight is 481 g/mol. The second kappa shape index (κ2) is 9.71. The normalized spacial score (nSPS) is 17.8. The summed E-state index contributed by atoms with van der Waals surface area (Å²) in [6, 6.07) is 21.7. The zero-order valence-electron chi connectivity index (χ0n) is 19.5. The van der Waals surface area contributed by atoms with Gasteiger partial charge in [0.15, 0.2) is 17.6 Å². The predicted octanol–water partition coefficient (Wildman–Crippen LogP) is 3.37. The van der Waals surface area contributed by atoms with Crippen LogP contribution in [-0.4, -0.2) is 59.1 Å². The summed E-state index contributed by atoms with van der Waals surface area (Å²) < 4.78 is 11.4. The van der Waals surface area contributed by atoms with Gasteiger partial charge in [0, 0.05) is 36.8 Å². The maximum atomic E-state index is 13.2. The number of aliphatic imine (C=N–C) groups is 1. The molecule has 2 aromatic carbocycles. The number of ketones is 1. The number of carbonyl (C=O) groups is 1. The molecule has 1 atom stereocenters. The van der Waals surface area contributed by atoms with Gasteiger partial charge >= 0.3 is 6.01 Å². The summed E-state index contributed by atoms with van der Waals surface area (Å²) in [5.74, 6) is 0.191. The van der Waals surface area contributed by atoms with Gasteiger partial charge in [-0.05, 0) is 17.7 Å². The Bertz CT molecular complexity index is 1410. The number of pyridine rings is 1. The molecule has 1 N–H and O–H groups in total. The Morgan fingerprint density at radius 3 is 2.58 bits per heavy atom. The van der Waals surface area contributed by atoms with Crippen molar-refractivity contribution in [2.24, 2.45) is 4.99 Å². The molecule has 0 radical (unpaired) electrons. The van der Waals surface area contributed by atoms with E-state index >= 15 is 0 Å². The minimum Gasteiger partial charge on any atom is -0.402 e. The number of rotatable bonds is 5. The first kappa shape index (κ1) is 22.1. The highest BCUT2D eigenvalue weighted by molar-refractivity contribution is 6.16. The average Bonchev–Trinajstić information content (AvgIpc) is 3.35. The molecule has 6 rings (SSSR count). The largest absolute Gasteiger partial charge is 0.402 e. The van der Waals surface area contributed by atoms with Crippen LogP contribution in [0.25, 0.3) is 11.6 Å². The lowest BCUT2D eigenvalue weighted by Gasteiger charge is -2.29. The standard InChI is InChI=1S/C27H24N6O3/c34-22-17-19-9-4-5-10-20(19)23(18-7-2-1-3-8-18)29-25(22)30-27-32-31-26(36-27)24-21(11-6-12-28-24)33-13-15-35-16-14-33/h1-12,25H,13-17H2,(H,30,32)/t25-/m1/s1. The molecule has 4 heterocycles. The van der Waals surface area contributed by atoms with Gasteiger partial charge in [0.2, 0.25) is 0 Å². The maximum absolute atomic E-state index is 13.2. The highest BCUT2D eigenvalue weighted by Gasteiger charge is 2.28. The molecular weight excluding hydrogens is 456 g/mol. The van der Waals surface area contributed by atoms with E-state index < -0.39 is 6.17 Å². The molecule has 0 aliphatic carbocycles. The number of nitrogens with zero attached hydrogens (tertiary/aromatic N) is 5. The quantitative estimate of drug-likeness (QED) is 0.464. The van der Waals surface area contributed by atoms with Gasteiger partial charge in [0.05, 0.1) is 24.6 Å². The highest BCUT2D eigenvalue weighted by atomic mass is 16.5. The lowest BCUT2D eigenvalue weighted by molar-refractivity contribution is -0.119. The molecule has 2 aliphatic heterocycles. The molecular formula is C27H24N6O3. The summed E-state index contributed by atoms with van der Waals surface area (Å²) in [7, 11) is 0. The van der Waals surface area contributed by atoms with E-state index in [0.717, 1.165) is 41.2 Å². The SMILES string of the molecule is O=C1Cc2ccccc2C(c2ccccc2)=N[C@@H]1Nc1nnc(-c2ncccc2N2CCOCC2)o1. The van der Waals surface area contributed by atoms with Crippen LogP contribution in [0, 0.1) is 0 Å². The van der Waals surface area contributed by atoms with Gasteiger partial charge in [0.1, 0.15) is 0 Å². The van der Waals surface area contributed by atoms with Crippen molar-refractivity contribution in [3.8, 4) is 11.6 Å². The Balaban J connectivity index is 1.32. The van der Waals surface area contributed by atoms with Crippen LogP contribution in [-0.2, 0) is 16.0 Å². The van der Waals surface area contributed by atoms with Crippen molar-refractivity contribution >= 4 is 23.2 Å². The topological polar surface area (TPSA) is 106 Å². The minimum atomic E-state index is -0.872. The lowest BCUT2D eigenvalue weighted by Crippen LogP contribution is -2.36. The highest BCUT2D eigenvalue weighted by Crippen LogP contribution is 2.30. The molecule has 1 saturated heterocycles. The first-order valence-corrected chi connectivity index (χ1v) is 11.9. The van der Waals surface area contributed by atoms with Gasteiger partial charge in [-0.2, -0.15) is 0 Å². The second-order valence-electron chi connectivity index (χ2n) is 8.57. The number of ether oxygens (including phenoxy) is 1. The van der Waals surface area contributed by atoms with Crippen molar-refractivity contribution in [1.29, 1.82) is 0 Å². The molecule has 36 heavy (non-hydrogen) atoms. The van der Waals surface area contributed by atoms with E-state index in [0.29, 0.717) is 18.9 Å². The molecule has 0 unspecified atom stereocenters. The van der Waals surface area contributed by atoms with Crippen molar-refractivity contribution in [3.05, 3.63) is 89.6 Å². The smallest absolute Gasteiger partial charge is 0.317 e. The fraction of sp³-hybridized carbons (Fsp3) is 0.222. The number of aromatic nitrogens is 3. The number of fused-ring (bicyclic) bond motifs is 1. The summed E-state index contributed by atoms with van der Waals surface area (Å²) in [4.78, 5) is 24.7. The zero-order valence-corrected chi connectivity index (χ0v) is 19.5. The number of Topliss-reactive ketones (excluding diaryl/α,β-unsaturated/α-hetero) is 1. The van der Waals surface area contributed by atoms with Crippen LogP contribution in [0.1, 0.15) is 16.7 Å². The third-order valence-corrected chi connectivity index (χ3v) is 6.27. The molecule has 9 nitrogen and oxygen atoms in total. The maximum Gasteiger partial charge on any atom is 0.317 e. The van der Waals surface area contributed by atoms with Gasteiger partial charge in [0.25, 0.3) is 5.89 Å². The number of carbonyl (C=O) groups excluding carboxylic acids is 1. The summed E-state index contributed by atoms with van der Waals surface area (Å²) in [5, 5.41) is 11.4. The van der Waals surface area contributed by atoms with Crippen LogP contribution >= 0.6 is 0 Å². The zero-order chi connectivity index (χ0) is 24.3. The molecule has 9 heteroatoms. The fourth-order valence-corrected chi connectivity index (χ4v) is 4.51. The van der Waals surface area contributed by atoms with Crippen LogP contribution in [0.4, 0.5) is 11.7 Å². The Morgan fingerprint density at radius 2 is 1.72 bits per heavy atom. The van der Waals surface area contributed by atoms with Crippen LogP contribution in [0.5, 0.6) is 0 Å². The van der Waals surface area contributed by atoms with Crippen molar-refractivity contribution in [1.82, 2.24) is 15.2 Å². The van der Waals surface area contributed by atoms with E-state index in [4.69, 9.17) is 14.1 Å². The molecule has 0 bridgehead atoms. The lowest BCUT2D eigenvalue weighted by atomic mass is 9.96. The van der Waals surface area contributed by atoms with Crippen LogP contribution in [0.3, 0.4) is 0 Å². The molecule has 0 spiro atoms. The Kier molecular flexibility index (Phi) is 5.96. The van der Waals surface area contributed by atoms with Gasteiger partial charge in [-0.25, -0.2) is 4.98 Å².